The molecule has 0 spiro atoms. The zero-order valence-electron chi connectivity index (χ0n) is 12.2. The molecule has 0 fully saturated rings. The van der Waals surface area contributed by atoms with Crippen LogP contribution in [-0.4, -0.2) is 12.4 Å². The number of halogens is 2. The van der Waals surface area contributed by atoms with Crippen molar-refractivity contribution in [2.75, 3.05) is 6.61 Å². The Bertz CT molecular complexity index is 678. The minimum atomic E-state index is -0.359. The summed E-state index contributed by atoms with van der Waals surface area (Å²) in [5.74, 6) is 0.192. The van der Waals surface area contributed by atoms with E-state index in [1.54, 1.807) is 6.08 Å². The molecule has 2 rings (SSSR count). The van der Waals surface area contributed by atoms with Gasteiger partial charge >= 0.3 is 0 Å². The van der Waals surface area contributed by atoms with Gasteiger partial charge in [0.05, 0.1) is 6.61 Å². The van der Waals surface area contributed by atoms with Gasteiger partial charge in [0.25, 0.3) is 0 Å². The Labute approximate surface area is 137 Å². The van der Waals surface area contributed by atoms with E-state index in [1.807, 2.05) is 25.1 Å². The van der Waals surface area contributed by atoms with Crippen LogP contribution < -0.4 is 4.74 Å². The van der Waals surface area contributed by atoms with Crippen molar-refractivity contribution in [2.24, 2.45) is 0 Å². The van der Waals surface area contributed by atoms with Crippen molar-refractivity contribution >= 4 is 27.8 Å². The van der Waals surface area contributed by atoms with Gasteiger partial charge < -0.3 is 4.74 Å². The first-order chi connectivity index (χ1) is 10.6. The molecule has 2 aromatic carbocycles. The second kappa shape index (κ2) is 7.90. The third kappa shape index (κ3) is 4.53. The van der Waals surface area contributed by atoms with Crippen molar-refractivity contribution in [1.82, 2.24) is 0 Å². The number of ketones is 1. The molecule has 0 aliphatic heterocycles. The molecule has 2 aromatic rings. The Balaban J connectivity index is 2.19. The molecule has 0 atom stereocenters. The highest BCUT2D eigenvalue weighted by Gasteiger charge is 2.05. The van der Waals surface area contributed by atoms with Gasteiger partial charge in [-0.3, -0.25) is 4.79 Å². The van der Waals surface area contributed by atoms with Gasteiger partial charge in [0.15, 0.2) is 5.78 Å². The van der Waals surface area contributed by atoms with Crippen molar-refractivity contribution in [1.29, 1.82) is 0 Å². The number of benzene rings is 2. The molecule has 0 saturated heterocycles. The monoisotopic (exact) mass is 362 g/mol. The normalized spacial score (nSPS) is 10.9. The molecule has 0 aromatic heterocycles. The standard InChI is InChI=1S/C18H16BrFO2/c1-2-11-22-18-10-6-15(19)12-14(18)5-9-17(21)13-3-7-16(20)8-4-13/h3-10,12H,2,11H2,1H3/b9-5+. The lowest BCUT2D eigenvalue weighted by atomic mass is 10.1. The predicted octanol–water partition coefficient (Wildman–Crippen LogP) is 5.27. The van der Waals surface area contributed by atoms with Crippen LogP contribution in [0, 0.1) is 5.82 Å². The largest absolute Gasteiger partial charge is 0.493 e. The van der Waals surface area contributed by atoms with Gasteiger partial charge in [-0.1, -0.05) is 22.9 Å². The summed E-state index contributed by atoms with van der Waals surface area (Å²) in [6.07, 6.45) is 4.09. The molecule has 2 nitrogen and oxygen atoms in total. The lowest BCUT2D eigenvalue weighted by Crippen LogP contribution is -1.97. The highest BCUT2D eigenvalue weighted by Crippen LogP contribution is 2.25. The number of ether oxygens (including phenoxy) is 1. The summed E-state index contributed by atoms with van der Waals surface area (Å²) < 4.78 is 19.4. The smallest absolute Gasteiger partial charge is 0.185 e. The van der Waals surface area contributed by atoms with Crippen LogP contribution in [0.2, 0.25) is 0 Å². The lowest BCUT2D eigenvalue weighted by molar-refractivity contribution is 0.104. The second-order valence-corrected chi connectivity index (χ2v) is 5.65. The maximum Gasteiger partial charge on any atom is 0.185 e. The minimum Gasteiger partial charge on any atom is -0.493 e. The Kier molecular flexibility index (Phi) is 5.90. The fourth-order valence-corrected chi connectivity index (χ4v) is 2.25. The number of carbonyl (C=O) groups excluding carboxylic acids is 1. The third-order valence-electron chi connectivity index (χ3n) is 2.98. The molecule has 4 heteroatoms. The first kappa shape index (κ1) is 16.4. The van der Waals surface area contributed by atoms with E-state index in [1.165, 1.54) is 30.3 Å². The molecule has 0 heterocycles. The van der Waals surface area contributed by atoms with Gasteiger partial charge in [-0.15, -0.1) is 0 Å². The van der Waals surface area contributed by atoms with E-state index in [-0.39, 0.29) is 11.6 Å². The van der Waals surface area contributed by atoms with Gasteiger partial charge in [0.1, 0.15) is 11.6 Å². The van der Waals surface area contributed by atoms with Gasteiger partial charge in [-0.05, 0) is 61.0 Å². The van der Waals surface area contributed by atoms with Crippen molar-refractivity contribution in [3.63, 3.8) is 0 Å². The maximum absolute atomic E-state index is 12.9. The summed E-state index contributed by atoms with van der Waals surface area (Å²) >= 11 is 3.41. The second-order valence-electron chi connectivity index (χ2n) is 4.74. The summed E-state index contributed by atoms with van der Waals surface area (Å²) in [7, 11) is 0. The highest BCUT2D eigenvalue weighted by molar-refractivity contribution is 9.10. The van der Waals surface area contributed by atoms with Crippen LogP contribution in [0.4, 0.5) is 4.39 Å². The molecule has 0 bridgehead atoms. The summed E-state index contributed by atoms with van der Waals surface area (Å²) in [6, 6.07) is 11.1. The predicted molar refractivity (Wildman–Crippen MR) is 89.7 cm³/mol. The molecule has 0 aliphatic rings. The van der Waals surface area contributed by atoms with Crippen molar-refractivity contribution in [2.45, 2.75) is 13.3 Å². The SMILES string of the molecule is CCCOc1ccc(Br)cc1/C=C/C(=O)c1ccc(F)cc1. The van der Waals surface area contributed by atoms with E-state index in [4.69, 9.17) is 4.74 Å². The van der Waals surface area contributed by atoms with Gasteiger partial charge in [0, 0.05) is 15.6 Å². The number of hydrogen-bond donors (Lipinski definition) is 0. The number of allylic oxidation sites excluding steroid dienone is 1. The summed E-state index contributed by atoms with van der Waals surface area (Å²) in [5.41, 5.74) is 1.27. The van der Waals surface area contributed by atoms with E-state index >= 15 is 0 Å². The van der Waals surface area contributed by atoms with Gasteiger partial charge in [0.2, 0.25) is 0 Å². The molecule has 0 aliphatic carbocycles. The van der Waals surface area contributed by atoms with E-state index < -0.39 is 0 Å². The van der Waals surface area contributed by atoms with E-state index in [0.717, 1.165) is 22.2 Å². The van der Waals surface area contributed by atoms with Crippen molar-refractivity contribution < 1.29 is 13.9 Å². The molecule has 0 N–H and O–H groups in total. The Morgan fingerprint density at radius 3 is 2.64 bits per heavy atom. The zero-order valence-corrected chi connectivity index (χ0v) is 13.8. The molecule has 0 unspecified atom stereocenters. The van der Waals surface area contributed by atoms with E-state index in [0.29, 0.717) is 12.2 Å². The summed E-state index contributed by atoms with van der Waals surface area (Å²) in [6.45, 7) is 2.65. The van der Waals surface area contributed by atoms with E-state index in [9.17, 15) is 9.18 Å². The average molecular weight is 363 g/mol. The Morgan fingerprint density at radius 2 is 1.95 bits per heavy atom. The molecule has 114 valence electrons. The molecule has 0 saturated carbocycles. The first-order valence-electron chi connectivity index (χ1n) is 7.00. The zero-order chi connectivity index (χ0) is 15.9. The lowest BCUT2D eigenvalue weighted by Gasteiger charge is -2.08. The molecule has 0 amide bonds. The van der Waals surface area contributed by atoms with Crippen LogP contribution in [0.1, 0.15) is 29.3 Å². The Morgan fingerprint density at radius 1 is 1.23 bits per heavy atom. The van der Waals surface area contributed by atoms with Crippen LogP contribution in [0.3, 0.4) is 0 Å². The number of hydrogen-bond acceptors (Lipinski definition) is 2. The average Bonchev–Trinajstić information content (AvgIpc) is 2.52. The van der Waals surface area contributed by atoms with Crippen molar-refractivity contribution in [3.8, 4) is 5.75 Å². The van der Waals surface area contributed by atoms with Crippen molar-refractivity contribution in [3.05, 3.63) is 70.0 Å². The fraction of sp³-hybridized carbons (Fsp3) is 0.167. The minimum absolute atomic E-state index is 0.179. The molecular formula is C18H16BrFO2. The molecule has 0 radical (unpaired) electrons. The topological polar surface area (TPSA) is 26.3 Å². The fourth-order valence-electron chi connectivity index (χ4n) is 1.87. The van der Waals surface area contributed by atoms with Crippen LogP contribution >= 0.6 is 15.9 Å². The Hall–Kier alpha value is -1.94. The van der Waals surface area contributed by atoms with Gasteiger partial charge in [-0.25, -0.2) is 4.39 Å². The number of carbonyl (C=O) groups is 1. The number of rotatable bonds is 6. The first-order valence-corrected chi connectivity index (χ1v) is 7.80. The molecular weight excluding hydrogens is 347 g/mol. The summed E-state index contributed by atoms with van der Waals surface area (Å²) in [4.78, 5) is 12.1. The highest BCUT2D eigenvalue weighted by atomic mass is 79.9. The van der Waals surface area contributed by atoms with Crippen LogP contribution in [0.15, 0.2) is 53.0 Å². The van der Waals surface area contributed by atoms with Crippen LogP contribution in [0.25, 0.3) is 6.08 Å². The van der Waals surface area contributed by atoms with Gasteiger partial charge in [-0.2, -0.15) is 0 Å². The van der Waals surface area contributed by atoms with Crippen LogP contribution in [0.5, 0.6) is 5.75 Å². The maximum atomic E-state index is 12.9. The van der Waals surface area contributed by atoms with E-state index in [2.05, 4.69) is 15.9 Å². The molecule has 22 heavy (non-hydrogen) atoms. The third-order valence-corrected chi connectivity index (χ3v) is 3.47. The summed E-state index contributed by atoms with van der Waals surface area (Å²) in [5, 5.41) is 0. The van der Waals surface area contributed by atoms with Crippen LogP contribution in [-0.2, 0) is 0 Å². The quantitative estimate of drug-likeness (QED) is 0.516.